The largest absolute Gasteiger partial charge is 0.504 e. The Balaban J connectivity index is 2.06. The molecule has 2 aromatic carbocycles. The maximum absolute atomic E-state index is 12.2. The molecule has 0 fully saturated rings. The molecule has 7 nitrogen and oxygen atoms in total. The van der Waals surface area contributed by atoms with E-state index in [0.717, 1.165) is 0 Å². The molecular weight excluding hydrogens is 336 g/mol. The molecule has 0 saturated carbocycles. The van der Waals surface area contributed by atoms with Gasteiger partial charge in [0.05, 0.1) is 26.5 Å². The van der Waals surface area contributed by atoms with Crippen molar-refractivity contribution >= 4 is 12.1 Å². The third-order valence-corrected chi connectivity index (χ3v) is 3.39. The fraction of sp³-hybridized carbons (Fsp3) is 0.263. The topological polar surface area (TPSA) is 89.4 Å². The van der Waals surface area contributed by atoms with Crippen LogP contribution in [0.3, 0.4) is 0 Å². The number of nitrogens with zero attached hydrogens (tertiary/aromatic N) is 1. The Hall–Kier alpha value is -3.22. The maximum Gasteiger partial charge on any atom is 0.271 e. The first-order valence-electron chi connectivity index (χ1n) is 8.19. The first kappa shape index (κ1) is 19.1. The second-order valence-corrected chi connectivity index (χ2v) is 5.16. The van der Waals surface area contributed by atoms with E-state index in [1.54, 1.807) is 30.3 Å². The molecule has 0 bridgehead atoms. The molecule has 1 amide bonds. The summed E-state index contributed by atoms with van der Waals surface area (Å²) in [5.74, 6) is 1.07. The van der Waals surface area contributed by atoms with Gasteiger partial charge in [-0.2, -0.15) is 5.10 Å². The second-order valence-electron chi connectivity index (χ2n) is 5.16. The van der Waals surface area contributed by atoms with E-state index in [-0.39, 0.29) is 11.7 Å². The molecule has 138 valence electrons. The smallest absolute Gasteiger partial charge is 0.271 e. The molecule has 2 rings (SSSR count). The SMILES string of the molecule is CCOc1cc(/C=N/NC(=O)c2ccc(OCC)c(OC)c2)ccc1O. The number of nitrogens with one attached hydrogen (secondary N) is 1. The third-order valence-electron chi connectivity index (χ3n) is 3.39. The minimum absolute atomic E-state index is 0.0505. The van der Waals surface area contributed by atoms with Gasteiger partial charge >= 0.3 is 0 Å². The molecule has 0 heterocycles. The lowest BCUT2D eigenvalue weighted by atomic mass is 10.2. The lowest BCUT2D eigenvalue weighted by Gasteiger charge is -2.10. The average molecular weight is 358 g/mol. The van der Waals surface area contributed by atoms with E-state index < -0.39 is 0 Å². The number of hydrogen-bond donors (Lipinski definition) is 2. The van der Waals surface area contributed by atoms with Crippen LogP contribution in [0, 0.1) is 0 Å². The van der Waals surface area contributed by atoms with E-state index >= 15 is 0 Å². The highest BCUT2D eigenvalue weighted by molar-refractivity contribution is 5.95. The quantitative estimate of drug-likeness (QED) is 0.559. The predicted octanol–water partition coefficient (Wildman–Crippen LogP) is 2.96. The van der Waals surface area contributed by atoms with Crippen molar-refractivity contribution in [2.24, 2.45) is 5.10 Å². The van der Waals surface area contributed by atoms with Crippen molar-refractivity contribution in [2.75, 3.05) is 20.3 Å². The normalized spacial score (nSPS) is 10.6. The molecule has 26 heavy (non-hydrogen) atoms. The van der Waals surface area contributed by atoms with Crippen LogP contribution >= 0.6 is 0 Å². The number of carbonyl (C=O) groups is 1. The van der Waals surface area contributed by atoms with Crippen LogP contribution in [0.25, 0.3) is 0 Å². The number of carbonyl (C=O) groups excluding carboxylic acids is 1. The van der Waals surface area contributed by atoms with Gasteiger partial charge in [-0.15, -0.1) is 0 Å². The Morgan fingerprint density at radius 2 is 1.81 bits per heavy atom. The summed E-state index contributed by atoms with van der Waals surface area (Å²) in [6.45, 7) is 4.63. The number of hydrazone groups is 1. The van der Waals surface area contributed by atoms with Crippen LogP contribution in [0.1, 0.15) is 29.8 Å². The number of methoxy groups -OCH3 is 1. The number of aromatic hydroxyl groups is 1. The molecule has 0 saturated heterocycles. The molecule has 2 aromatic rings. The zero-order valence-corrected chi connectivity index (χ0v) is 15.0. The van der Waals surface area contributed by atoms with Crippen molar-refractivity contribution < 1.29 is 24.1 Å². The fourth-order valence-electron chi connectivity index (χ4n) is 2.20. The highest BCUT2D eigenvalue weighted by atomic mass is 16.5. The number of phenols is 1. The van der Waals surface area contributed by atoms with Gasteiger partial charge < -0.3 is 19.3 Å². The zero-order chi connectivity index (χ0) is 18.9. The Morgan fingerprint density at radius 3 is 2.50 bits per heavy atom. The van der Waals surface area contributed by atoms with Crippen LogP contribution in [-0.2, 0) is 0 Å². The number of ether oxygens (including phenoxy) is 3. The number of phenolic OH excluding ortho intramolecular Hbond substituents is 1. The minimum Gasteiger partial charge on any atom is -0.504 e. The Kier molecular flexibility index (Phi) is 6.84. The molecule has 0 unspecified atom stereocenters. The van der Waals surface area contributed by atoms with Crippen LogP contribution in [-0.4, -0.2) is 37.6 Å². The molecule has 0 aliphatic carbocycles. The van der Waals surface area contributed by atoms with E-state index in [9.17, 15) is 9.90 Å². The maximum atomic E-state index is 12.2. The van der Waals surface area contributed by atoms with Gasteiger partial charge in [0.1, 0.15) is 0 Å². The van der Waals surface area contributed by atoms with Crippen LogP contribution in [0.15, 0.2) is 41.5 Å². The molecule has 7 heteroatoms. The van der Waals surface area contributed by atoms with E-state index in [4.69, 9.17) is 14.2 Å². The third kappa shape index (κ3) is 4.89. The van der Waals surface area contributed by atoms with Gasteiger partial charge in [-0.3, -0.25) is 4.79 Å². The van der Waals surface area contributed by atoms with Gasteiger partial charge in [0.15, 0.2) is 23.0 Å². The Morgan fingerprint density at radius 1 is 1.08 bits per heavy atom. The summed E-state index contributed by atoms with van der Waals surface area (Å²) < 4.78 is 16.0. The van der Waals surface area contributed by atoms with Crippen molar-refractivity contribution in [3.05, 3.63) is 47.5 Å². The van der Waals surface area contributed by atoms with Crippen molar-refractivity contribution in [2.45, 2.75) is 13.8 Å². The predicted molar refractivity (Wildman–Crippen MR) is 98.5 cm³/mol. The van der Waals surface area contributed by atoms with Crippen molar-refractivity contribution in [1.29, 1.82) is 0 Å². The first-order chi connectivity index (χ1) is 12.6. The van der Waals surface area contributed by atoms with Gasteiger partial charge in [-0.1, -0.05) is 0 Å². The monoisotopic (exact) mass is 358 g/mol. The number of hydrogen-bond acceptors (Lipinski definition) is 6. The highest BCUT2D eigenvalue weighted by Gasteiger charge is 2.10. The van der Waals surface area contributed by atoms with Gasteiger partial charge in [-0.05, 0) is 55.8 Å². The zero-order valence-electron chi connectivity index (χ0n) is 15.0. The molecular formula is C19H22N2O5. The first-order valence-corrected chi connectivity index (χ1v) is 8.19. The van der Waals surface area contributed by atoms with Crippen molar-refractivity contribution in [3.63, 3.8) is 0 Å². The summed E-state index contributed by atoms with van der Waals surface area (Å²) in [5.41, 5.74) is 3.52. The van der Waals surface area contributed by atoms with Gasteiger partial charge in [0.2, 0.25) is 0 Å². The van der Waals surface area contributed by atoms with Crippen LogP contribution < -0.4 is 19.6 Å². The van der Waals surface area contributed by atoms with E-state index in [0.29, 0.717) is 41.6 Å². The summed E-state index contributed by atoms with van der Waals surface area (Å²) in [6.07, 6.45) is 1.46. The fourth-order valence-corrected chi connectivity index (χ4v) is 2.20. The summed E-state index contributed by atoms with van der Waals surface area (Å²) in [6, 6.07) is 9.69. The standard InChI is InChI=1S/C19H22N2O5/c1-4-25-16-9-7-14(11-18(16)24-3)19(23)21-20-12-13-6-8-15(22)17(10-13)26-5-2/h6-12,22H,4-5H2,1-3H3,(H,21,23)/b20-12+. The van der Waals surface area contributed by atoms with E-state index in [1.165, 1.54) is 19.4 Å². The highest BCUT2D eigenvalue weighted by Crippen LogP contribution is 2.28. The summed E-state index contributed by atoms with van der Waals surface area (Å²) in [7, 11) is 1.51. The number of benzene rings is 2. The van der Waals surface area contributed by atoms with Crippen molar-refractivity contribution in [3.8, 4) is 23.0 Å². The lowest BCUT2D eigenvalue weighted by Crippen LogP contribution is -2.17. The van der Waals surface area contributed by atoms with Crippen LogP contribution in [0.4, 0.5) is 0 Å². The van der Waals surface area contributed by atoms with Crippen LogP contribution in [0.5, 0.6) is 23.0 Å². The minimum atomic E-state index is -0.383. The summed E-state index contributed by atoms with van der Waals surface area (Å²) in [5, 5.41) is 13.6. The lowest BCUT2D eigenvalue weighted by molar-refractivity contribution is 0.0954. The Bertz CT molecular complexity index is 789. The van der Waals surface area contributed by atoms with Crippen LogP contribution in [0.2, 0.25) is 0 Å². The van der Waals surface area contributed by atoms with E-state index in [2.05, 4.69) is 10.5 Å². The second kappa shape index (κ2) is 9.31. The van der Waals surface area contributed by atoms with Gasteiger partial charge in [0.25, 0.3) is 5.91 Å². The summed E-state index contributed by atoms with van der Waals surface area (Å²) >= 11 is 0. The number of amides is 1. The molecule has 0 aliphatic heterocycles. The van der Waals surface area contributed by atoms with E-state index in [1.807, 2.05) is 13.8 Å². The number of rotatable bonds is 8. The molecule has 0 atom stereocenters. The Labute approximate surface area is 152 Å². The van der Waals surface area contributed by atoms with Gasteiger partial charge in [-0.25, -0.2) is 5.43 Å². The molecule has 0 spiro atoms. The van der Waals surface area contributed by atoms with Crippen molar-refractivity contribution in [1.82, 2.24) is 5.43 Å². The average Bonchev–Trinajstić information content (AvgIpc) is 2.65. The molecule has 0 aromatic heterocycles. The summed E-state index contributed by atoms with van der Waals surface area (Å²) in [4.78, 5) is 12.2. The molecule has 2 N–H and O–H groups in total. The van der Waals surface area contributed by atoms with Gasteiger partial charge in [0, 0.05) is 5.56 Å². The molecule has 0 aliphatic rings. The molecule has 0 radical (unpaired) electrons.